The molecule has 3 atom stereocenters. The van der Waals surface area contributed by atoms with E-state index in [1.165, 1.54) is 55.6 Å². The first-order valence-corrected chi connectivity index (χ1v) is 12.1. The second-order valence-electron chi connectivity index (χ2n) is 8.62. The number of hydrogen-bond acceptors (Lipinski definition) is 4. The second-order valence-corrected chi connectivity index (χ2v) is 10.1. The van der Waals surface area contributed by atoms with Gasteiger partial charge in [-0.1, -0.05) is 6.92 Å². The Morgan fingerprint density at radius 2 is 2.07 bits per heavy atom. The van der Waals surface area contributed by atoms with Crippen LogP contribution in [-0.2, 0) is 11.8 Å². The number of hydrogen-bond donors (Lipinski definition) is 3. The Morgan fingerprint density at radius 3 is 2.74 bits per heavy atom. The minimum absolute atomic E-state index is 0.181. The van der Waals surface area contributed by atoms with E-state index < -0.39 is 0 Å². The lowest BCUT2D eigenvalue weighted by molar-refractivity contribution is 0.157. The van der Waals surface area contributed by atoms with E-state index >= 15 is 0 Å². The van der Waals surface area contributed by atoms with Gasteiger partial charge in [0.1, 0.15) is 5.75 Å². The summed E-state index contributed by atoms with van der Waals surface area (Å²) in [4.78, 5) is 2.63. The summed E-state index contributed by atoms with van der Waals surface area (Å²) >= 11 is 0. The summed E-state index contributed by atoms with van der Waals surface area (Å²) < 4.78 is 0. The maximum absolute atomic E-state index is 10.3. The minimum atomic E-state index is 0.181. The van der Waals surface area contributed by atoms with Crippen LogP contribution in [0.3, 0.4) is 0 Å². The normalized spacial score (nSPS) is 25.4. The fraction of sp³-hybridized carbons (Fsp3) is 0.727. The summed E-state index contributed by atoms with van der Waals surface area (Å²) in [6, 6.07) is 5.42. The number of nitrogens with zero attached hydrogens (tertiary/aromatic N) is 1. The summed E-state index contributed by atoms with van der Waals surface area (Å²) in [6.07, 6.45) is 11.2. The fourth-order valence-corrected chi connectivity index (χ4v) is 6.01. The van der Waals surface area contributed by atoms with Gasteiger partial charge >= 0.3 is 0 Å². The molecule has 3 unspecified atom stereocenters. The van der Waals surface area contributed by atoms with E-state index in [4.69, 9.17) is 5.73 Å². The van der Waals surface area contributed by atoms with Crippen LogP contribution in [0.5, 0.6) is 5.75 Å². The third-order valence-electron chi connectivity index (χ3n) is 6.84. The number of likely N-dealkylation sites (N-methyl/N-ethyl adjacent to an activating group) is 1. The van der Waals surface area contributed by atoms with Crippen LogP contribution >= 0.6 is 8.58 Å². The molecule has 0 heterocycles. The predicted octanol–water partition coefficient (Wildman–Crippen LogP) is 3.71. The van der Waals surface area contributed by atoms with Crippen LogP contribution in [0, 0.1) is 0 Å². The summed E-state index contributed by atoms with van der Waals surface area (Å²) in [5.41, 5.74) is 9.52. The Labute approximate surface area is 167 Å². The highest BCUT2D eigenvalue weighted by Gasteiger charge is 2.42. The van der Waals surface area contributed by atoms with Gasteiger partial charge in [-0.2, -0.15) is 0 Å². The van der Waals surface area contributed by atoms with Gasteiger partial charge in [-0.15, -0.1) is 8.58 Å². The first-order chi connectivity index (χ1) is 13.0. The van der Waals surface area contributed by atoms with Crippen molar-refractivity contribution in [1.82, 2.24) is 10.2 Å². The van der Waals surface area contributed by atoms with Gasteiger partial charge in [0, 0.05) is 12.1 Å². The van der Waals surface area contributed by atoms with Crippen molar-refractivity contribution in [2.24, 2.45) is 0 Å². The molecule has 0 spiro atoms. The van der Waals surface area contributed by atoms with E-state index in [9.17, 15) is 5.11 Å². The maximum atomic E-state index is 10.3. The third kappa shape index (κ3) is 4.78. The van der Waals surface area contributed by atoms with Crippen molar-refractivity contribution in [2.45, 2.75) is 69.4 Å². The number of phenols is 1. The van der Waals surface area contributed by atoms with Crippen LogP contribution < -0.4 is 11.1 Å². The zero-order valence-corrected chi connectivity index (χ0v) is 18.4. The predicted molar refractivity (Wildman–Crippen MR) is 119 cm³/mol. The van der Waals surface area contributed by atoms with Crippen LogP contribution in [0.4, 0.5) is 5.69 Å². The second kappa shape index (κ2) is 9.11. The van der Waals surface area contributed by atoms with E-state index in [-0.39, 0.29) is 11.2 Å². The van der Waals surface area contributed by atoms with Gasteiger partial charge in [-0.3, -0.25) is 0 Å². The van der Waals surface area contributed by atoms with Crippen molar-refractivity contribution < 1.29 is 5.11 Å². The van der Waals surface area contributed by atoms with Crippen LogP contribution in [0.2, 0.25) is 0 Å². The van der Waals surface area contributed by atoms with Gasteiger partial charge in [-0.05, 0) is 107 Å². The van der Waals surface area contributed by atoms with E-state index in [1.54, 1.807) is 0 Å². The molecule has 1 aromatic carbocycles. The number of phenolic OH excluding ortho intramolecular Hbond substituents is 1. The average Bonchev–Trinajstić information content (AvgIpc) is 3.50. The molecule has 27 heavy (non-hydrogen) atoms. The van der Waals surface area contributed by atoms with E-state index in [1.807, 2.05) is 13.1 Å². The van der Waals surface area contributed by atoms with Gasteiger partial charge in [0.05, 0.1) is 5.69 Å². The molecule has 5 heteroatoms. The average molecular weight is 392 g/mol. The molecule has 2 aliphatic carbocycles. The van der Waals surface area contributed by atoms with Crippen molar-refractivity contribution in [3.8, 4) is 5.75 Å². The summed E-state index contributed by atoms with van der Waals surface area (Å²) in [5, 5.41) is 13.6. The molecule has 4 N–H and O–H groups in total. The lowest BCUT2D eigenvalue weighted by atomic mass is 9.64. The van der Waals surface area contributed by atoms with Gasteiger partial charge in [0.25, 0.3) is 0 Å². The molecule has 2 aliphatic rings. The van der Waals surface area contributed by atoms with E-state index in [2.05, 4.69) is 30.3 Å². The Morgan fingerprint density at radius 1 is 1.30 bits per heavy atom. The lowest BCUT2D eigenvalue weighted by Crippen LogP contribution is -2.45. The molecule has 1 aromatic rings. The Hall–Kier alpha value is -0.830. The number of anilines is 1. The van der Waals surface area contributed by atoms with E-state index in [0.29, 0.717) is 11.7 Å². The van der Waals surface area contributed by atoms with Crippen LogP contribution in [0.1, 0.15) is 56.6 Å². The summed E-state index contributed by atoms with van der Waals surface area (Å²) in [5.74, 6) is 0.261. The summed E-state index contributed by atoms with van der Waals surface area (Å²) in [7, 11) is 5.40. The molecule has 0 aromatic heterocycles. The molecule has 0 amide bonds. The molecular weight excluding hydrogens is 353 g/mol. The molecule has 0 bridgehead atoms. The summed E-state index contributed by atoms with van der Waals surface area (Å²) in [6.45, 7) is 3.46. The molecule has 4 nitrogen and oxygen atoms in total. The van der Waals surface area contributed by atoms with Crippen molar-refractivity contribution in [1.29, 1.82) is 0 Å². The van der Waals surface area contributed by atoms with Gasteiger partial charge in [0.15, 0.2) is 0 Å². The molecule has 3 rings (SSSR count). The van der Waals surface area contributed by atoms with Gasteiger partial charge < -0.3 is 21.1 Å². The zero-order valence-electron chi connectivity index (χ0n) is 17.4. The number of benzene rings is 1. The molecule has 0 saturated heterocycles. The van der Waals surface area contributed by atoms with Crippen molar-refractivity contribution in [3.05, 3.63) is 23.3 Å². The number of fused-ring (bicyclic) bond motifs is 1. The molecule has 1 fully saturated rings. The molecule has 1 saturated carbocycles. The molecular formula is C22H38N3OP. The number of aromatic hydroxyl groups is 1. The Balaban J connectivity index is 1.79. The molecule has 0 radical (unpaired) electrons. The minimum Gasteiger partial charge on any atom is -0.506 e. The van der Waals surface area contributed by atoms with E-state index in [0.717, 1.165) is 34.0 Å². The number of nitrogens with two attached hydrogens (primary N) is 1. The van der Waals surface area contributed by atoms with Crippen LogP contribution in [-0.4, -0.2) is 55.1 Å². The van der Waals surface area contributed by atoms with Crippen LogP contribution in [0.25, 0.3) is 0 Å². The van der Waals surface area contributed by atoms with Crippen LogP contribution in [0.15, 0.2) is 12.1 Å². The van der Waals surface area contributed by atoms with Crippen molar-refractivity contribution in [2.75, 3.05) is 38.7 Å². The largest absolute Gasteiger partial charge is 0.506 e. The van der Waals surface area contributed by atoms with Gasteiger partial charge in [-0.25, -0.2) is 0 Å². The first kappa shape index (κ1) is 20.9. The van der Waals surface area contributed by atoms with Gasteiger partial charge in [0.2, 0.25) is 0 Å². The molecule has 0 aliphatic heterocycles. The number of nitrogen functional groups attached to an aromatic ring is 1. The highest BCUT2D eigenvalue weighted by molar-refractivity contribution is 7.37. The first-order valence-electron chi connectivity index (χ1n) is 10.7. The zero-order chi connectivity index (χ0) is 19.4. The monoisotopic (exact) mass is 391 g/mol. The van der Waals surface area contributed by atoms with Crippen molar-refractivity contribution >= 4 is 14.3 Å². The topological polar surface area (TPSA) is 61.5 Å². The van der Waals surface area contributed by atoms with Crippen molar-refractivity contribution in [3.63, 3.8) is 0 Å². The Bertz CT molecular complexity index is 634. The number of nitrogens with one attached hydrogen (secondary N) is 1. The fourth-order valence-electron chi connectivity index (χ4n) is 4.91. The standard InChI is InChI=1S/C22H38N3OP/c1-4-22(8-5-10-27-11-9-24-2)15-18(25(3)17-6-7-17)12-16-13-20(23)21(26)14-19(16)22/h13-14,17-18,24,26-27H,4-12,15,23H2,1-3H3. The maximum Gasteiger partial charge on any atom is 0.138 e. The Kier molecular flexibility index (Phi) is 7.05. The lowest BCUT2D eigenvalue weighted by Gasteiger charge is -2.45. The molecule has 152 valence electrons. The quantitative estimate of drug-likeness (QED) is 0.246. The SMILES string of the molecule is CCC1(CCCPCCNC)CC(N(C)C2CC2)Cc2cc(N)c(O)cc21. The highest BCUT2D eigenvalue weighted by Crippen LogP contribution is 2.48. The highest BCUT2D eigenvalue weighted by atomic mass is 31.1. The number of rotatable bonds is 10. The smallest absolute Gasteiger partial charge is 0.138 e. The third-order valence-corrected chi connectivity index (χ3v) is 8.15.